The monoisotopic (exact) mass is 528 g/mol. The third-order valence-corrected chi connectivity index (χ3v) is 5.71. The summed E-state index contributed by atoms with van der Waals surface area (Å²) in [6.07, 6.45) is -3.01. The minimum atomic E-state index is -1.06. The first-order valence-corrected chi connectivity index (χ1v) is 11.8. The number of carbonyl (C=O) groups excluding carboxylic acids is 4. The van der Waals surface area contributed by atoms with Crippen LogP contribution in [-0.2, 0) is 38.1 Å². The summed E-state index contributed by atoms with van der Waals surface area (Å²) >= 11 is 5.74. The highest BCUT2D eigenvalue weighted by molar-refractivity contribution is 6.68. The number of carbonyl (C=O) groups is 4. The van der Waals surface area contributed by atoms with E-state index < -0.39 is 47.9 Å². The van der Waals surface area contributed by atoms with Crippen LogP contribution in [0.5, 0.6) is 11.5 Å². The van der Waals surface area contributed by atoms with Gasteiger partial charge in [-0.25, -0.2) is 4.79 Å². The molecule has 0 saturated carbocycles. The van der Waals surface area contributed by atoms with Gasteiger partial charge in [-0.3, -0.25) is 14.4 Å². The van der Waals surface area contributed by atoms with E-state index in [9.17, 15) is 19.2 Å². The second-order valence-corrected chi connectivity index (χ2v) is 8.87. The lowest BCUT2D eigenvalue weighted by atomic mass is 10.0. The van der Waals surface area contributed by atoms with Gasteiger partial charge in [0.1, 0.15) is 23.7 Å². The molecule has 1 aromatic rings. The Hall–Kier alpha value is -2.89. The number of halogens is 1. The Labute approximate surface area is 213 Å². The third kappa shape index (κ3) is 7.81. The summed E-state index contributed by atoms with van der Waals surface area (Å²) in [6, 6.07) is 4.37. The number of ether oxygens (including phenoxy) is 7. The van der Waals surface area contributed by atoms with E-state index in [-0.39, 0.29) is 36.4 Å². The molecule has 6 unspecified atom stereocenters. The van der Waals surface area contributed by atoms with Gasteiger partial charge in [-0.15, -0.1) is 0 Å². The molecule has 198 valence electrons. The van der Waals surface area contributed by atoms with Crippen LogP contribution in [0.2, 0.25) is 0 Å². The predicted octanol–water partition coefficient (Wildman–Crippen LogP) is 2.89. The summed E-state index contributed by atoms with van der Waals surface area (Å²) in [4.78, 5) is 46.9. The van der Waals surface area contributed by atoms with Gasteiger partial charge in [0.25, 0.3) is 5.24 Å². The van der Waals surface area contributed by atoms with Crippen LogP contribution in [0.3, 0.4) is 0 Å². The van der Waals surface area contributed by atoms with E-state index >= 15 is 0 Å². The van der Waals surface area contributed by atoms with E-state index in [1.165, 1.54) is 39.2 Å². The molecule has 6 atom stereocenters. The number of hydrogen-bond donors (Lipinski definition) is 0. The SMILES string of the molecule is COC(=O)C1CC(OC(C)=O)CC(Oc2cc(OC3CC(OC(C)=O)CC(C)O3)ccc2C(=O)Cl)O1. The Morgan fingerprint density at radius 1 is 0.889 bits per heavy atom. The molecule has 0 amide bonds. The van der Waals surface area contributed by atoms with Crippen molar-refractivity contribution in [2.75, 3.05) is 7.11 Å². The lowest BCUT2D eigenvalue weighted by molar-refractivity contribution is -0.204. The Kier molecular flexibility index (Phi) is 9.52. The number of hydrogen-bond acceptors (Lipinski definition) is 11. The molecule has 0 spiro atoms. The molecule has 36 heavy (non-hydrogen) atoms. The summed E-state index contributed by atoms with van der Waals surface area (Å²) in [6.45, 7) is 4.43. The van der Waals surface area contributed by atoms with Crippen LogP contribution in [-0.4, -0.2) is 67.3 Å². The summed E-state index contributed by atoms with van der Waals surface area (Å²) in [5.41, 5.74) is 0.0348. The number of rotatable bonds is 8. The van der Waals surface area contributed by atoms with E-state index in [0.29, 0.717) is 18.6 Å². The van der Waals surface area contributed by atoms with Gasteiger partial charge in [-0.05, 0) is 30.7 Å². The van der Waals surface area contributed by atoms with E-state index in [2.05, 4.69) is 0 Å². The standard InChI is InChI=1S/C24H29ClO11/c1-12-7-16(32-13(2)26)10-21(31-12)34-15-5-6-18(23(25)28)19(8-15)35-22-11-17(33-14(3)27)9-20(36-22)24(29)30-4/h5-6,8,12,16-17,20-22H,7,9-11H2,1-4H3. The summed E-state index contributed by atoms with van der Waals surface area (Å²) < 4.78 is 38.6. The Balaban J connectivity index is 1.78. The van der Waals surface area contributed by atoms with Crippen molar-refractivity contribution >= 4 is 34.8 Å². The van der Waals surface area contributed by atoms with Crippen LogP contribution < -0.4 is 9.47 Å². The van der Waals surface area contributed by atoms with Gasteiger partial charge in [0.2, 0.25) is 12.6 Å². The molecule has 2 saturated heterocycles. The highest BCUT2D eigenvalue weighted by Gasteiger charge is 2.38. The van der Waals surface area contributed by atoms with Crippen molar-refractivity contribution in [3.63, 3.8) is 0 Å². The number of benzene rings is 1. The van der Waals surface area contributed by atoms with Crippen molar-refractivity contribution in [2.24, 2.45) is 0 Å². The number of methoxy groups -OCH3 is 1. The lowest BCUT2D eigenvalue weighted by Crippen LogP contribution is -2.44. The zero-order valence-electron chi connectivity index (χ0n) is 20.4. The third-order valence-electron chi connectivity index (χ3n) is 5.50. The van der Waals surface area contributed by atoms with Gasteiger partial charge in [0.15, 0.2) is 6.10 Å². The van der Waals surface area contributed by atoms with E-state index in [1.54, 1.807) is 0 Å². The fraction of sp³-hybridized carbons (Fsp3) is 0.583. The van der Waals surface area contributed by atoms with Gasteiger partial charge in [0.05, 0.1) is 18.8 Å². The molecule has 0 aromatic heterocycles. The fourth-order valence-electron chi connectivity index (χ4n) is 4.12. The van der Waals surface area contributed by atoms with Crippen molar-refractivity contribution in [1.29, 1.82) is 0 Å². The van der Waals surface area contributed by atoms with Crippen LogP contribution >= 0.6 is 11.6 Å². The second kappa shape index (κ2) is 12.4. The maximum atomic E-state index is 12.1. The molecule has 1 aromatic carbocycles. The first kappa shape index (κ1) is 27.7. The summed E-state index contributed by atoms with van der Waals surface area (Å²) in [7, 11) is 1.21. The van der Waals surface area contributed by atoms with Crippen LogP contribution in [0.1, 0.15) is 56.8 Å². The molecule has 0 aliphatic carbocycles. The van der Waals surface area contributed by atoms with Crippen molar-refractivity contribution < 1.29 is 52.3 Å². The zero-order chi connectivity index (χ0) is 26.4. The van der Waals surface area contributed by atoms with E-state index in [4.69, 9.17) is 44.8 Å². The molecule has 0 N–H and O–H groups in total. The number of esters is 3. The molecule has 2 aliphatic rings. The molecular weight excluding hydrogens is 500 g/mol. The zero-order valence-corrected chi connectivity index (χ0v) is 21.1. The molecular formula is C24H29ClO11. The van der Waals surface area contributed by atoms with Gasteiger partial charge in [0, 0.05) is 45.6 Å². The predicted molar refractivity (Wildman–Crippen MR) is 122 cm³/mol. The first-order valence-electron chi connectivity index (χ1n) is 11.4. The molecule has 3 rings (SSSR count). The average Bonchev–Trinajstić information content (AvgIpc) is 2.77. The van der Waals surface area contributed by atoms with Crippen molar-refractivity contribution in [3.05, 3.63) is 23.8 Å². The minimum Gasteiger partial charge on any atom is -0.467 e. The normalized spacial score (nSPS) is 27.9. The topological polar surface area (TPSA) is 133 Å². The highest BCUT2D eigenvalue weighted by Crippen LogP contribution is 2.33. The molecule has 2 heterocycles. The van der Waals surface area contributed by atoms with Gasteiger partial charge >= 0.3 is 17.9 Å². The Morgan fingerprint density at radius 2 is 1.50 bits per heavy atom. The quantitative estimate of drug-likeness (QED) is 0.280. The average molecular weight is 529 g/mol. The van der Waals surface area contributed by atoms with Crippen molar-refractivity contribution in [1.82, 2.24) is 0 Å². The lowest BCUT2D eigenvalue weighted by Gasteiger charge is -2.34. The van der Waals surface area contributed by atoms with Gasteiger partial charge < -0.3 is 33.2 Å². The first-order chi connectivity index (χ1) is 17.0. The van der Waals surface area contributed by atoms with Gasteiger partial charge in [-0.2, -0.15) is 0 Å². The molecule has 2 aliphatic heterocycles. The van der Waals surface area contributed by atoms with Crippen molar-refractivity contribution in [3.8, 4) is 11.5 Å². The maximum Gasteiger partial charge on any atom is 0.335 e. The van der Waals surface area contributed by atoms with Crippen LogP contribution in [0.4, 0.5) is 0 Å². The second-order valence-electron chi connectivity index (χ2n) is 8.53. The smallest absolute Gasteiger partial charge is 0.335 e. The maximum absolute atomic E-state index is 12.1. The molecule has 0 radical (unpaired) electrons. The Morgan fingerprint density at radius 3 is 2.08 bits per heavy atom. The van der Waals surface area contributed by atoms with Crippen LogP contribution in [0, 0.1) is 0 Å². The van der Waals surface area contributed by atoms with Gasteiger partial charge in [-0.1, -0.05) is 0 Å². The largest absolute Gasteiger partial charge is 0.467 e. The van der Waals surface area contributed by atoms with Crippen molar-refractivity contribution in [2.45, 2.75) is 83.5 Å². The highest BCUT2D eigenvalue weighted by atomic mass is 35.5. The molecule has 0 bridgehead atoms. The van der Waals surface area contributed by atoms with E-state index in [0.717, 1.165) is 0 Å². The molecule has 2 fully saturated rings. The van der Waals surface area contributed by atoms with Crippen LogP contribution in [0.15, 0.2) is 18.2 Å². The fourth-order valence-corrected chi connectivity index (χ4v) is 4.28. The summed E-state index contributed by atoms with van der Waals surface area (Å²) in [5, 5.41) is -0.786. The molecule has 11 nitrogen and oxygen atoms in total. The summed E-state index contributed by atoms with van der Waals surface area (Å²) in [5.74, 6) is -1.24. The van der Waals surface area contributed by atoms with Crippen LogP contribution in [0.25, 0.3) is 0 Å². The minimum absolute atomic E-state index is 0.0324. The van der Waals surface area contributed by atoms with E-state index in [1.807, 2.05) is 6.92 Å². The Bertz CT molecular complexity index is 981. The molecule has 12 heteroatoms.